The van der Waals surface area contributed by atoms with Crippen LogP contribution < -0.4 is 0 Å². The molecule has 0 spiro atoms. The summed E-state index contributed by atoms with van der Waals surface area (Å²) < 4.78 is 0. The Kier molecular flexibility index (Phi) is 4.52. The van der Waals surface area contributed by atoms with Gasteiger partial charge in [-0.3, -0.25) is 14.4 Å². The number of hydrogen-bond donors (Lipinski definition) is 0. The van der Waals surface area contributed by atoms with E-state index in [1.807, 2.05) is 6.92 Å². The second kappa shape index (κ2) is 7.16. The molecule has 1 aliphatic heterocycles. The molecule has 0 saturated heterocycles. The summed E-state index contributed by atoms with van der Waals surface area (Å²) in [6.45, 7) is 1.90. The molecule has 0 bridgehead atoms. The third-order valence-corrected chi connectivity index (χ3v) is 4.64. The van der Waals surface area contributed by atoms with Crippen LogP contribution in [0.4, 0.5) is 0 Å². The molecule has 0 N–H and O–H groups in total. The molecule has 6 nitrogen and oxygen atoms in total. The molecule has 6 heteroatoms. The van der Waals surface area contributed by atoms with Crippen LogP contribution in [0.25, 0.3) is 0 Å². The number of fused-ring (bicyclic) bond motifs is 1. The molecular formula is C23H15NO5. The number of carbonyl (C=O) groups excluding carboxylic acids is 4. The van der Waals surface area contributed by atoms with Crippen molar-refractivity contribution in [1.29, 1.82) is 0 Å². The standard InChI is InChI=1S/C23H15NO5/c1-14-10-12-15(13-11-14)20(25)16-6-2-5-9-19(16)23(28)29-24-21(26)17-7-3-4-8-18(17)22(24)27/h2-13H,1H3. The minimum absolute atomic E-state index is 0.0327. The van der Waals surface area contributed by atoms with Crippen LogP contribution in [0.15, 0.2) is 72.8 Å². The number of ketones is 1. The maximum Gasteiger partial charge on any atom is 0.364 e. The Labute approximate surface area is 166 Å². The number of amides is 2. The summed E-state index contributed by atoms with van der Waals surface area (Å²) >= 11 is 0. The van der Waals surface area contributed by atoms with Gasteiger partial charge in [0.05, 0.1) is 16.7 Å². The van der Waals surface area contributed by atoms with Gasteiger partial charge in [0, 0.05) is 11.1 Å². The van der Waals surface area contributed by atoms with Crippen molar-refractivity contribution in [3.05, 3.63) is 106 Å². The summed E-state index contributed by atoms with van der Waals surface area (Å²) in [7, 11) is 0. The van der Waals surface area contributed by atoms with Crippen LogP contribution in [-0.4, -0.2) is 28.6 Å². The molecular weight excluding hydrogens is 370 g/mol. The Bertz CT molecular complexity index is 1130. The summed E-state index contributed by atoms with van der Waals surface area (Å²) in [5.41, 5.74) is 1.83. The van der Waals surface area contributed by atoms with E-state index in [-0.39, 0.29) is 28.0 Å². The van der Waals surface area contributed by atoms with Crippen molar-refractivity contribution < 1.29 is 24.0 Å². The molecule has 0 fully saturated rings. The molecule has 3 aromatic rings. The molecule has 0 atom stereocenters. The third-order valence-electron chi connectivity index (χ3n) is 4.64. The first kappa shape index (κ1) is 18.3. The Balaban J connectivity index is 1.62. The van der Waals surface area contributed by atoms with Gasteiger partial charge < -0.3 is 4.84 Å². The van der Waals surface area contributed by atoms with Crippen LogP contribution in [0.2, 0.25) is 0 Å². The van der Waals surface area contributed by atoms with E-state index in [0.29, 0.717) is 10.6 Å². The van der Waals surface area contributed by atoms with Crippen LogP contribution in [0, 0.1) is 6.92 Å². The number of hydroxylamine groups is 2. The molecule has 29 heavy (non-hydrogen) atoms. The summed E-state index contributed by atoms with van der Waals surface area (Å²) in [4.78, 5) is 55.5. The Morgan fingerprint density at radius 3 is 1.83 bits per heavy atom. The zero-order valence-electron chi connectivity index (χ0n) is 15.4. The number of rotatable bonds is 4. The first-order valence-electron chi connectivity index (χ1n) is 8.88. The first-order valence-corrected chi connectivity index (χ1v) is 8.88. The molecule has 0 aliphatic carbocycles. The van der Waals surface area contributed by atoms with Crippen LogP contribution in [0.5, 0.6) is 0 Å². The van der Waals surface area contributed by atoms with Crippen molar-refractivity contribution in [2.45, 2.75) is 6.92 Å². The minimum atomic E-state index is -0.962. The highest BCUT2D eigenvalue weighted by Crippen LogP contribution is 2.24. The van der Waals surface area contributed by atoms with Crippen LogP contribution >= 0.6 is 0 Å². The van der Waals surface area contributed by atoms with E-state index in [1.165, 1.54) is 24.3 Å². The minimum Gasteiger partial charge on any atom is -0.324 e. The van der Waals surface area contributed by atoms with Crippen molar-refractivity contribution in [3.63, 3.8) is 0 Å². The number of imide groups is 1. The van der Waals surface area contributed by atoms with Gasteiger partial charge >= 0.3 is 5.97 Å². The summed E-state index contributed by atoms with van der Waals surface area (Å²) in [5, 5.41) is 0.431. The van der Waals surface area contributed by atoms with Crippen LogP contribution in [0.3, 0.4) is 0 Å². The Morgan fingerprint density at radius 1 is 0.724 bits per heavy atom. The largest absolute Gasteiger partial charge is 0.364 e. The zero-order valence-corrected chi connectivity index (χ0v) is 15.4. The molecule has 3 aromatic carbocycles. The predicted molar refractivity (Wildman–Crippen MR) is 103 cm³/mol. The lowest BCUT2D eigenvalue weighted by Gasteiger charge is -2.14. The lowest BCUT2D eigenvalue weighted by molar-refractivity contribution is -0.0584. The van der Waals surface area contributed by atoms with Gasteiger partial charge in [-0.2, -0.15) is 0 Å². The molecule has 2 amide bonds. The molecule has 0 aromatic heterocycles. The molecule has 1 aliphatic rings. The van der Waals surface area contributed by atoms with Gasteiger partial charge in [-0.1, -0.05) is 65.2 Å². The van der Waals surface area contributed by atoms with E-state index < -0.39 is 17.8 Å². The highest BCUT2D eigenvalue weighted by Gasteiger charge is 2.39. The van der Waals surface area contributed by atoms with Crippen LogP contribution in [0.1, 0.15) is 52.6 Å². The fraction of sp³-hybridized carbons (Fsp3) is 0.0435. The maximum absolute atomic E-state index is 12.9. The number of carbonyl (C=O) groups is 4. The summed E-state index contributed by atoms with van der Waals surface area (Å²) in [6.07, 6.45) is 0. The van der Waals surface area contributed by atoms with Crippen molar-refractivity contribution in [2.24, 2.45) is 0 Å². The number of aryl methyl sites for hydroxylation is 1. The second-order valence-corrected chi connectivity index (χ2v) is 6.57. The predicted octanol–water partition coefficient (Wildman–Crippen LogP) is 3.59. The van der Waals surface area contributed by atoms with E-state index in [9.17, 15) is 19.2 Å². The second-order valence-electron chi connectivity index (χ2n) is 6.57. The van der Waals surface area contributed by atoms with E-state index >= 15 is 0 Å². The quantitative estimate of drug-likeness (QED) is 0.506. The Hall–Kier alpha value is -4.06. The topological polar surface area (TPSA) is 80.8 Å². The molecule has 142 valence electrons. The van der Waals surface area contributed by atoms with Crippen molar-refractivity contribution in [3.8, 4) is 0 Å². The molecule has 0 saturated carbocycles. The van der Waals surface area contributed by atoms with Gasteiger partial charge in [0.2, 0.25) is 0 Å². The van der Waals surface area contributed by atoms with Gasteiger partial charge in [0.15, 0.2) is 5.78 Å². The highest BCUT2D eigenvalue weighted by molar-refractivity contribution is 6.21. The summed E-state index contributed by atoms with van der Waals surface area (Å²) in [5.74, 6) is -2.77. The average Bonchev–Trinajstić information content (AvgIpc) is 2.99. The van der Waals surface area contributed by atoms with E-state index in [2.05, 4.69) is 0 Å². The zero-order chi connectivity index (χ0) is 20.5. The van der Waals surface area contributed by atoms with Crippen molar-refractivity contribution in [2.75, 3.05) is 0 Å². The van der Waals surface area contributed by atoms with Gasteiger partial charge in [0.25, 0.3) is 11.8 Å². The molecule has 1 heterocycles. The lowest BCUT2D eigenvalue weighted by Crippen LogP contribution is -2.33. The fourth-order valence-corrected chi connectivity index (χ4v) is 3.10. The first-order chi connectivity index (χ1) is 14.0. The van der Waals surface area contributed by atoms with Crippen LogP contribution in [-0.2, 0) is 4.84 Å². The smallest absolute Gasteiger partial charge is 0.324 e. The lowest BCUT2D eigenvalue weighted by atomic mass is 9.98. The van der Waals surface area contributed by atoms with E-state index in [1.54, 1.807) is 48.5 Å². The van der Waals surface area contributed by atoms with Gasteiger partial charge in [-0.15, -0.1) is 0 Å². The van der Waals surface area contributed by atoms with Crippen molar-refractivity contribution >= 4 is 23.6 Å². The van der Waals surface area contributed by atoms with Gasteiger partial charge in [-0.25, -0.2) is 4.79 Å². The van der Waals surface area contributed by atoms with E-state index in [0.717, 1.165) is 5.56 Å². The fourth-order valence-electron chi connectivity index (χ4n) is 3.10. The SMILES string of the molecule is Cc1ccc(C(=O)c2ccccc2C(=O)ON2C(=O)c3ccccc3C2=O)cc1. The molecule has 4 rings (SSSR count). The monoisotopic (exact) mass is 385 g/mol. The van der Waals surface area contributed by atoms with Gasteiger partial charge in [-0.05, 0) is 25.1 Å². The third kappa shape index (κ3) is 3.21. The van der Waals surface area contributed by atoms with Crippen molar-refractivity contribution in [1.82, 2.24) is 5.06 Å². The number of benzene rings is 3. The molecule has 0 radical (unpaired) electrons. The van der Waals surface area contributed by atoms with E-state index in [4.69, 9.17) is 4.84 Å². The average molecular weight is 385 g/mol. The number of nitrogens with zero attached hydrogens (tertiary/aromatic N) is 1. The Morgan fingerprint density at radius 2 is 1.24 bits per heavy atom. The summed E-state index contributed by atoms with van der Waals surface area (Å²) in [6, 6.07) is 19.3. The highest BCUT2D eigenvalue weighted by atomic mass is 16.7. The maximum atomic E-state index is 12.9. The number of hydrogen-bond acceptors (Lipinski definition) is 5. The normalized spacial score (nSPS) is 12.7. The van der Waals surface area contributed by atoms with Gasteiger partial charge in [0.1, 0.15) is 0 Å². The molecule has 0 unspecified atom stereocenters.